The fraction of sp³-hybridized carbons (Fsp3) is 0.520. The summed E-state index contributed by atoms with van der Waals surface area (Å²) in [5.41, 5.74) is 2.26. The number of carbonyl (C=O) groups is 2. The Kier molecular flexibility index (Phi) is 7.51. The number of nitrogens with one attached hydrogen (secondary N) is 1. The number of allylic oxidation sites excluding steroid dienone is 2. The highest BCUT2D eigenvalue weighted by molar-refractivity contribution is 5.93. The number of piperazine rings is 1. The van der Waals surface area contributed by atoms with E-state index in [4.69, 9.17) is 4.84 Å². The van der Waals surface area contributed by atoms with Crippen LogP contribution >= 0.6 is 0 Å². The molecule has 1 atom stereocenters. The second-order valence-corrected chi connectivity index (χ2v) is 9.45. The quantitative estimate of drug-likeness (QED) is 0.443. The van der Waals surface area contributed by atoms with Crippen LogP contribution in [0.15, 0.2) is 46.8 Å². The fourth-order valence-electron chi connectivity index (χ4n) is 5.49. The Hall–Kier alpha value is -3.24. The van der Waals surface area contributed by atoms with Gasteiger partial charge in [0.2, 0.25) is 0 Å². The van der Waals surface area contributed by atoms with Gasteiger partial charge >= 0.3 is 11.9 Å². The van der Waals surface area contributed by atoms with E-state index < -0.39 is 22.8 Å². The lowest BCUT2D eigenvalue weighted by Gasteiger charge is -2.37. The molecule has 2 heterocycles. The molecule has 3 aliphatic rings. The zero-order valence-corrected chi connectivity index (χ0v) is 20.2. The van der Waals surface area contributed by atoms with Crippen LogP contribution in [0, 0.1) is 10.1 Å². The van der Waals surface area contributed by atoms with Crippen LogP contribution in [0.3, 0.4) is 0 Å². The SMILES string of the molecule is CC1=C(CC(=O)O)C(c2cccc([N+](=O)[O-])c2)C(C(=O)ON2CCN(C3CCCC3)CC2)=C(C)N1. The summed E-state index contributed by atoms with van der Waals surface area (Å²) < 4.78 is 0. The molecule has 2 fully saturated rings. The van der Waals surface area contributed by atoms with E-state index in [9.17, 15) is 24.8 Å². The molecule has 10 heteroatoms. The number of aliphatic carboxylic acids is 1. The number of hydrogen-bond donors (Lipinski definition) is 2. The number of rotatable bonds is 7. The molecule has 1 aromatic rings. The standard InChI is InChI=1S/C25H32N4O6/c1-16-21(15-22(30)31)24(18-6-5-9-20(14-18)29(33)34)23(17(2)26-16)25(32)35-28-12-10-27(11-13-28)19-7-3-4-8-19/h5-6,9,14,19,24,26H,3-4,7-8,10-13,15H2,1-2H3,(H,30,31). The van der Waals surface area contributed by atoms with E-state index in [0.717, 1.165) is 13.1 Å². The van der Waals surface area contributed by atoms with Crippen molar-refractivity contribution in [2.75, 3.05) is 26.2 Å². The maximum absolute atomic E-state index is 13.5. The van der Waals surface area contributed by atoms with Crippen LogP contribution in [0.5, 0.6) is 0 Å². The number of dihydropyridines is 1. The molecular formula is C25H32N4O6. The van der Waals surface area contributed by atoms with Crippen molar-refractivity contribution in [3.05, 3.63) is 62.5 Å². The van der Waals surface area contributed by atoms with Gasteiger partial charge in [-0.1, -0.05) is 25.0 Å². The highest BCUT2D eigenvalue weighted by atomic mass is 16.7. The number of nitro groups is 1. The molecule has 1 aliphatic carbocycles. The fourth-order valence-corrected chi connectivity index (χ4v) is 5.49. The molecule has 188 valence electrons. The molecule has 0 radical (unpaired) electrons. The van der Waals surface area contributed by atoms with Gasteiger partial charge in [0.15, 0.2) is 0 Å². The molecule has 0 amide bonds. The third kappa shape index (κ3) is 5.54. The van der Waals surface area contributed by atoms with Crippen molar-refractivity contribution in [3.63, 3.8) is 0 Å². The minimum Gasteiger partial charge on any atom is -0.481 e. The summed E-state index contributed by atoms with van der Waals surface area (Å²) >= 11 is 0. The van der Waals surface area contributed by atoms with Crippen molar-refractivity contribution < 1.29 is 24.5 Å². The summed E-state index contributed by atoms with van der Waals surface area (Å²) in [4.78, 5) is 44.3. The van der Waals surface area contributed by atoms with Crippen molar-refractivity contribution in [2.24, 2.45) is 0 Å². The van der Waals surface area contributed by atoms with Gasteiger partial charge in [-0.2, -0.15) is 0 Å². The number of hydroxylamine groups is 2. The largest absolute Gasteiger partial charge is 0.481 e. The number of nitrogens with zero attached hydrogens (tertiary/aromatic N) is 3. The third-order valence-electron chi connectivity index (χ3n) is 7.20. The minimum absolute atomic E-state index is 0.123. The lowest BCUT2D eigenvalue weighted by molar-refractivity contribution is -0.384. The van der Waals surface area contributed by atoms with Gasteiger partial charge in [0.1, 0.15) is 0 Å². The molecule has 1 saturated heterocycles. The predicted molar refractivity (Wildman–Crippen MR) is 128 cm³/mol. The molecule has 35 heavy (non-hydrogen) atoms. The third-order valence-corrected chi connectivity index (χ3v) is 7.20. The maximum atomic E-state index is 13.5. The topological polar surface area (TPSA) is 125 Å². The number of carboxylic acid groups (broad SMARTS) is 1. The predicted octanol–water partition coefficient (Wildman–Crippen LogP) is 3.32. The second kappa shape index (κ2) is 10.6. The van der Waals surface area contributed by atoms with Gasteiger partial charge in [-0.3, -0.25) is 19.8 Å². The molecular weight excluding hydrogens is 452 g/mol. The van der Waals surface area contributed by atoms with Gasteiger partial charge in [0, 0.05) is 61.7 Å². The van der Waals surface area contributed by atoms with Crippen LogP contribution in [0.2, 0.25) is 0 Å². The summed E-state index contributed by atoms with van der Waals surface area (Å²) in [5, 5.41) is 25.7. The Bertz CT molecular complexity index is 1070. The average Bonchev–Trinajstić information content (AvgIpc) is 3.36. The second-order valence-electron chi connectivity index (χ2n) is 9.45. The lowest BCUT2D eigenvalue weighted by Crippen LogP contribution is -2.50. The molecule has 0 bridgehead atoms. The first-order valence-electron chi connectivity index (χ1n) is 12.1. The molecule has 0 aromatic heterocycles. The van der Waals surface area contributed by atoms with Gasteiger partial charge in [-0.15, -0.1) is 5.06 Å². The van der Waals surface area contributed by atoms with E-state index in [1.807, 2.05) is 0 Å². The van der Waals surface area contributed by atoms with Gasteiger partial charge in [0.05, 0.1) is 16.9 Å². The molecule has 10 nitrogen and oxygen atoms in total. The number of non-ortho nitro benzene ring substituents is 1. The van der Waals surface area contributed by atoms with Gasteiger partial charge in [-0.05, 0) is 37.8 Å². The lowest BCUT2D eigenvalue weighted by atomic mass is 9.79. The van der Waals surface area contributed by atoms with Crippen molar-refractivity contribution >= 4 is 17.6 Å². The Morgan fingerprint density at radius 2 is 1.83 bits per heavy atom. The molecule has 1 aromatic carbocycles. The van der Waals surface area contributed by atoms with Crippen molar-refractivity contribution in [1.82, 2.24) is 15.3 Å². The number of carboxylic acids is 1. The van der Waals surface area contributed by atoms with Crippen LogP contribution in [-0.2, 0) is 14.4 Å². The van der Waals surface area contributed by atoms with Crippen LogP contribution in [0.4, 0.5) is 5.69 Å². The average molecular weight is 485 g/mol. The highest BCUT2D eigenvalue weighted by Crippen LogP contribution is 2.41. The Balaban J connectivity index is 1.58. The first kappa shape index (κ1) is 24.9. The van der Waals surface area contributed by atoms with Crippen LogP contribution in [0.25, 0.3) is 0 Å². The van der Waals surface area contributed by atoms with E-state index in [2.05, 4.69) is 10.2 Å². The number of carbonyl (C=O) groups excluding carboxylic acids is 1. The zero-order valence-electron chi connectivity index (χ0n) is 20.2. The maximum Gasteiger partial charge on any atom is 0.355 e. The van der Waals surface area contributed by atoms with Crippen LogP contribution < -0.4 is 5.32 Å². The van der Waals surface area contributed by atoms with E-state index in [0.29, 0.717) is 41.7 Å². The van der Waals surface area contributed by atoms with Crippen LogP contribution in [0.1, 0.15) is 57.4 Å². The Labute approximate surface area is 204 Å². The Morgan fingerprint density at radius 1 is 1.14 bits per heavy atom. The minimum atomic E-state index is -1.05. The first-order valence-corrected chi connectivity index (χ1v) is 12.1. The van der Waals surface area contributed by atoms with Crippen molar-refractivity contribution in [2.45, 2.75) is 57.9 Å². The summed E-state index contributed by atoms with van der Waals surface area (Å²) in [7, 11) is 0. The van der Waals surface area contributed by atoms with Gasteiger partial charge < -0.3 is 15.3 Å². The van der Waals surface area contributed by atoms with E-state index >= 15 is 0 Å². The zero-order chi connectivity index (χ0) is 25.1. The van der Waals surface area contributed by atoms with Crippen molar-refractivity contribution in [3.8, 4) is 0 Å². The van der Waals surface area contributed by atoms with Crippen LogP contribution in [-0.4, -0.2) is 64.2 Å². The Morgan fingerprint density at radius 3 is 2.46 bits per heavy atom. The highest BCUT2D eigenvalue weighted by Gasteiger charge is 2.37. The van der Waals surface area contributed by atoms with Crippen molar-refractivity contribution in [1.29, 1.82) is 0 Å². The number of hydrogen-bond acceptors (Lipinski definition) is 8. The molecule has 2 aliphatic heterocycles. The molecule has 2 N–H and O–H groups in total. The monoisotopic (exact) mass is 484 g/mol. The van der Waals surface area contributed by atoms with E-state index in [-0.39, 0.29) is 17.7 Å². The summed E-state index contributed by atoms with van der Waals surface area (Å²) in [6.07, 6.45) is 4.67. The normalized spacial score (nSPS) is 22.3. The number of benzene rings is 1. The van der Waals surface area contributed by atoms with E-state index in [1.54, 1.807) is 31.0 Å². The molecule has 1 unspecified atom stereocenters. The molecule has 1 saturated carbocycles. The summed E-state index contributed by atoms with van der Waals surface area (Å²) in [6.45, 7) is 6.33. The smallest absolute Gasteiger partial charge is 0.355 e. The first-order chi connectivity index (χ1) is 16.7. The molecule has 0 spiro atoms. The summed E-state index contributed by atoms with van der Waals surface area (Å²) in [5.74, 6) is -2.39. The summed E-state index contributed by atoms with van der Waals surface area (Å²) in [6, 6.07) is 6.61. The molecule has 4 rings (SSSR count). The van der Waals surface area contributed by atoms with E-state index in [1.165, 1.54) is 37.8 Å². The van der Waals surface area contributed by atoms with Gasteiger partial charge in [-0.25, -0.2) is 4.79 Å². The van der Waals surface area contributed by atoms with Gasteiger partial charge in [0.25, 0.3) is 5.69 Å². The number of nitro benzene ring substituents is 1.